The molecule has 48 heavy (non-hydrogen) atoms. The van der Waals surface area contributed by atoms with Gasteiger partial charge in [-0.1, -0.05) is 252 Å². The van der Waals surface area contributed by atoms with Gasteiger partial charge in [0.05, 0.1) is 45.1 Å². The quantitative estimate of drug-likeness (QED) is 0.136. The molecule has 0 aliphatic heterocycles. The molecule has 0 aromatic heterocycles. The Morgan fingerprint density at radius 3 is 0.750 bits per heavy atom. The van der Waals surface area contributed by atoms with Crippen LogP contribution in [0.5, 0.6) is 0 Å². The zero-order valence-corrected chi connectivity index (χ0v) is 35.3. The van der Waals surface area contributed by atoms with Crippen LogP contribution >= 0.6 is 0 Å². The first-order chi connectivity index (χ1) is 23.2. The molecule has 6 rings (SSSR count). The summed E-state index contributed by atoms with van der Waals surface area (Å²) in [6.07, 6.45) is 0. The van der Waals surface area contributed by atoms with Crippen LogP contribution in [0.25, 0.3) is 0 Å². The lowest BCUT2D eigenvalue weighted by Crippen LogP contribution is -2.99. The average Bonchev–Trinajstić information content (AvgIpc) is 3.18. The van der Waals surface area contributed by atoms with Crippen LogP contribution in [-0.2, 0) is 0 Å². The Bertz CT molecular complexity index is 1750. The summed E-state index contributed by atoms with van der Waals surface area (Å²) in [5.74, 6) is 0. The second-order valence-electron chi connectivity index (χ2n) is 13.9. The lowest BCUT2D eigenvalue weighted by molar-refractivity contribution is 1.70. The van der Waals surface area contributed by atoms with E-state index in [2.05, 4.69) is 221 Å². The molecule has 240 valence electrons. The van der Waals surface area contributed by atoms with E-state index in [-0.39, 0.29) is 0 Å². The molecule has 4 atom stereocenters. The third kappa shape index (κ3) is 5.52. The average molecular weight is 721 g/mol. The highest BCUT2D eigenvalue weighted by molar-refractivity contribution is 8.02. The largest absolute Gasteiger partial charge is 0.0773 e. The molecule has 0 heterocycles. The molecule has 0 fully saturated rings. The van der Waals surface area contributed by atoms with Gasteiger partial charge in [-0.05, 0) is 0 Å². The van der Waals surface area contributed by atoms with E-state index in [9.17, 15) is 0 Å². The first kappa shape index (κ1) is 34.5. The van der Waals surface area contributed by atoms with Crippen LogP contribution in [-0.4, -0.2) is 45.1 Å². The molecule has 0 aliphatic rings. The van der Waals surface area contributed by atoms with Gasteiger partial charge in [0.25, 0.3) is 0 Å². The van der Waals surface area contributed by atoms with Gasteiger partial charge in [0.2, 0.25) is 0 Å². The fourth-order valence-corrected chi connectivity index (χ4v) is 140. The Balaban J connectivity index is 1.82. The van der Waals surface area contributed by atoms with Gasteiger partial charge in [0.15, 0.2) is 0 Å². The van der Waals surface area contributed by atoms with E-state index in [0.717, 1.165) is 0 Å². The molecule has 0 aliphatic carbocycles. The van der Waals surface area contributed by atoms with Gasteiger partial charge in [-0.3, -0.25) is 0 Å². The normalized spacial score (nSPS) is 16.8. The summed E-state index contributed by atoms with van der Waals surface area (Å²) in [5, 5.41) is 9.86. The molecule has 0 saturated heterocycles. The lowest BCUT2D eigenvalue weighted by Gasteiger charge is -2.62. The van der Waals surface area contributed by atoms with Crippen molar-refractivity contribution < 1.29 is 0 Å². The molecule has 6 heteroatoms. The van der Waals surface area contributed by atoms with E-state index < -0.39 is 45.1 Å². The maximum absolute atomic E-state index is 2.92. The Morgan fingerprint density at radius 1 is 0.292 bits per heavy atom. The van der Waals surface area contributed by atoms with Gasteiger partial charge in [0.1, 0.15) is 0 Å². The molecule has 0 bridgehead atoms. The predicted molar refractivity (Wildman–Crippen MR) is 226 cm³/mol. The molecule has 4 unspecified atom stereocenters. The minimum atomic E-state index is -2.46. The highest BCUT2D eigenvalue weighted by Crippen LogP contribution is 2.38. The van der Waals surface area contributed by atoms with Crippen LogP contribution in [0.2, 0.25) is 39.3 Å². The number of rotatable bonds is 11. The molecular weight excluding hydrogens is 673 g/mol. The number of hydrogen-bond acceptors (Lipinski definition) is 0. The van der Waals surface area contributed by atoms with Crippen molar-refractivity contribution in [3.8, 4) is 0 Å². The molecule has 6 aromatic carbocycles. The zero-order chi connectivity index (χ0) is 33.8. The summed E-state index contributed by atoms with van der Waals surface area (Å²) in [6, 6.07) is 71.4. The predicted octanol–water partition coefficient (Wildman–Crippen LogP) is 6.39. The van der Waals surface area contributed by atoms with E-state index in [1.165, 1.54) is 0 Å². The van der Waals surface area contributed by atoms with Crippen LogP contribution < -0.4 is 31.1 Å². The van der Waals surface area contributed by atoms with E-state index in [1.54, 1.807) is 31.1 Å². The Morgan fingerprint density at radius 2 is 0.500 bits per heavy atom. The van der Waals surface area contributed by atoms with Crippen molar-refractivity contribution >= 4 is 76.2 Å². The van der Waals surface area contributed by atoms with Crippen LogP contribution in [0.15, 0.2) is 182 Å². The maximum Gasteiger partial charge on any atom is 0.0773 e. The Hall–Kier alpha value is -3.38. The fraction of sp³-hybridized carbons (Fsp3) is 0.143. The number of hydrogen-bond donors (Lipinski definition) is 0. The standard InChI is InChI=1S/C42H48Si6/c1-43(37-25-13-7-14-26-37)45(3,39-29-17-9-18-30-39)47(5,41-33-21-11-22-34-41)48(6,42-35-23-12-24-36-42)46(4,40-31-19-10-20-32-40)44(2)38-27-15-8-16-28-38/h7-36H,1-6H3. The van der Waals surface area contributed by atoms with Crippen molar-refractivity contribution in [2.75, 3.05) is 0 Å². The molecule has 0 amide bonds. The third-order valence-electron chi connectivity index (χ3n) is 12.3. The van der Waals surface area contributed by atoms with Crippen molar-refractivity contribution in [2.45, 2.75) is 39.3 Å². The molecule has 0 nitrogen and oxygen atoms in total. The van der Waals surface area contributed by atoms with Crippen molar-refractivity contribution in [3.63, 3.8) is 0 Å². The smallest absolute Gasteiger partial charge is 0.0688 e. The van der Waals surface area contributed by atoms with Crippen LogP contribution in [0, 0.1) is 0 Å². The van der Waals surface area contributed by atoms with Gasteiger partial charge in [-0.25, -0.2) is 0 Å². The van der Waals surface area contributed by atoms with E-state index >= 15 is 0 Å². The summed E-state index contributed by atoms with van der Waals surface area (Å²) in [6.45, 7) is 17.0. The van der Waals surface area contributed by atoms with Crippen molar-refractivity contribution in [3.05, 3.63) is 182 Å². The minimum Gasteiger partial charge on any atom is -0.0688 e. The van der Waals surface area contributed by atoms with Crippen molar-refractivity contribution in [2.24, 2.45) is 0 Å². The molecule has 0 saturated carbocycles. The van der Waals surface area contributed by atoms with Crippen LogP contribution in [0.1, 0.15) is 0 Å². The highest BCUT2D eigenvalue weighted by Gasteiger charge is 2.71. The molecule has 6 aromatic rings. The van der Waals surface area contributed by atoms with Crippen molar-refractivity contribution in [1.29, 1.82) is 0 Å². The third-order valence-corrected chi connectivity index (χ3v) is 106. The van der Waals surface area contributed by atoms with Gasteiger partial charge < -0.3 is 0 Å². The topological polar surface area (TPSA) is 0 Å². The summed E-state index contributed by atoms with van der Waals surface area (Å²) < 4.78 is 0. The Kier molecular flexibility index (Phi) is 10.2. The number of benzene rings is 6. The molecule has 0 N–H and O–H groups in total. The monoisotopic (exact) mass is 720 g/mol. The first-order valence-corrected chi connectivity index (χ1v) is 36.2. The van der Waals surface area contributed by atoms with E-state index in [1.807, 2.05) is 0 Å². The van der Waals surface area contributed by atoms with Gasteiger partial charge in [-0.2, -0.15) is 0 Å². The second-order valence-corrected chi connectivity index (χ2v) is 63.4. The zero-order valence-electron chi connectivity index (χ0n) is 29.3. The van der Waals surface area contributed by atoms with E-state index in [4.69, 9.17) is 0 Å². The minimum absolute atomic E-state index is 1.01. The molecule has 0 spiro atoms. The van der Waals surface area contributed by atoms with Crippen LogP contribution in [0.3, 0.4) is 0 Å². The first-order valence-electron chi connectivity index (χ1n) is 17.2. The fourth-order valence-electron chi connectivity index (χ4n) is 8.95. The highest BCUT2D eigenvalue weighted by atomic mass is 30.0. The maximum atomic E-state index is 2.92. The van der Waals surface area contributed by atoms with Crippen molar-refractivity contribution in [1.82, 2.24) is 0 Å². The van der Waals surface area contributed by atoms with Crippen LogP contribution in [0.4, 0.5) is 0 Å². The van der Waals surface area contributed by atoms with Gasteiger partial charge in [-0.15, -0.1) is 0 Å². The van der Waals surface area contributed by atoms with Gasteiger partial charge in [0, 0.05) is 0 Å². The summed E-state index contributed by atoms with van der Waals surface area (Å²) in [5.41, 5.74) is 0. The van der Waals surface area contributed by atoms with E-state index in [0.29, 0.717) is 0 Å². The molecule has 2 radical (unpaired) electrons. The lowest BCUT2D eigenvalue weighted by atomic mass is 10.4. The Labute approximate surface area is 295 Å². The summed E-state index contributed by atoms with van der Waals surface area (Å²) >= 11 is 0. The SMILES string of the molecule is C[Si](c1ccccc1)[Si](C)(c1ccccc1)[Si](C)(c1ccccc1)[Si](C)(c1ccccc1)[Si](C)(c1ccccc1)[Si](C)c1ccccc1. The summed E-state index contributed by atoms with van der Waals surface area (Å²) in [7, 11) is -11.6. The molecular formula is C42H48Si6. The summed E-state index contributed by atoms with van der Waals surface area (Å²) in [4.78, 5) is 0. The second kappa shape index (κ2) is 14.2. The van der Waals surface area contributed by atoms with Gasteiger partial charge >= 0.3 is 0 Å².